The largest absolute Gasteiger partial charge is 0.398 e. The Morgan fingerprint density at radius 2 is 2.10 bits per heavy atom. The van der Waals surface area contributed by atoms with Crippen molar-refractivity contribution in [2.75, 3.05) is 12.3 Å². The smallest absolute Gasteiger partial charge is 0.241 e. The first kappa shape index (κ1) is 15.3. The molecule has 1 saturated carbocycles. The van der Waals surface area contributed by atoms with Crippen molar-refractivity contribution in [1.29, 1.82) is 0 Å². The summed E-state index contributed by atoms with van der Waals surface area (Å²) in [5.41, 5.74) is 6.59. The minimum absolute atomic E-state index is 0.0809. The van der Waals surface area contributed by atoms with Crippen molar-refractivity contribution in [2.24, 2.45) is 0 Å². The summed E-state index contributed by atoms with van der Waals surface area (Å²) < 4.78 is 27.2. The predicted octanol–water partition coefficient (Wildman–Crippen LogP) is 0.897. The van der Waals surface area contributed by atoms with Gasteiger partial charge < -0.3 is 11.1 Å². The molecule has 1 aromatic rings. The third kappa shape index (κ3) is 3.71. The molecule has 0 aliphatic heterocycles. The lowest BCUT2D eigenvalue weighted by molar-refractivity contribution is -0.120. The van der Waals surface area contributed by atoms with Gasteiger partial charge in [-0.3, -0.25) is 4.79 Å². The Bertz CT molecular complexity index is 642. The Hall–Kier alpha value is -1.12. The number of nitrogen functional groups attached to an aromatic ring is 1. The Morgan fingerprint density at radius 3 is 2.70 bits per heavy atom. The molecule has 1 fully saturated rings. The SMILES string of the molecule is Cc1cc(Br)c(N)cc1S(=O)(=O)NCC(=O)NC1CC1. The van der Waals surface area contributed by atoms with Crippen LogP contribution in [0.4, 0.5) is 5.69 Å². The normalized spacial score (nSPS) is 15.1. The van der Waals surface area contributed by atoms with Gasteiger partial charge in [0.25, 0.3) is 0 Å². The van der Waals surface area contributed by atoms with Gasteiger partial charge in [-0.05, 0) is 53.4 Å². The zero-order valence-electron chi connectivity index (χ0n) is 10.9. The number of nitrogens with two attached hydrogens (primary N) is 1. The zero-order chi connectivity index (χ0) is 14.9. The first-order chi connectivity index (χ1) is 9.29. The molecule has 0 heterocycles. The lowest BCUT2D eigenvalue weighted by Crippen LogP contribution is -2.38. The van der Waals surface area contributed by atoms with Gasteiger partial charge in [-0.2, -0.15) is 0 Å². The summed E-state index contributed by atoms with van der Waals surface area (Å²) >= 11 is 3.24. The molecule has 1 aliphatic carbocycles. The highest BCUT2D eigenvalue weighted by atomic mass is 79.9. The number of hydrogen-bond donors (Lipinski definition) is 3. The van der Waals surface area contributed by atoms with E-state index in [0.717, 1.165) is 12.8 Å². The van der Waals surface area contributed by atoms with Gasteiger partial charge in [0.15, 0.2) is 0 Å². The number of nitrogens with one attached hydrogen (secondary N) is 2. The van der Waals surface area contributed by atoms with Gasteiger partial charge in [0.1, 0.15) is 0 Å². The highest BCUT2D eigenvalue weighted by Gasteiger charge is 2.24. The number of amides is 1. The molecule has 0 saturated heterocycles. The molecule has 0 aromatic heterocycles. The third-order valence-corrected chi connectivity index (χ3v) is 5.18. The van der Waals surface area contributed by atoms with E-state index >= 15 is 0 Å². The topological polar surface area (TPSA) is 101 Å². The fraction of sp³-hybridized carbons (Fsp3) is 0.417. The van der Waals surface area contributed by atoms with Gasteiger partial charge in [-0.1, -0.05) is 0 Å². The van der Waals surface area contributed by atoms with Gasteiger partial charge in [0.2, 0.25) is 15.9 Å². The van der Waals surface area contributed by atoms with E-state index in [1.165, 1.54) is 6.07 Å². The average Bonchev–Trinajstić information content (AvgIpc) is 3.15. The van der Waals surface area contributed by atoms with Gasteiger partial charge in [0, 0.05) is 16.2 Å². The summed E-state index contributed by atoms with van der Waals surface area (Å²) in [6.07, 6.45) is 1.92. The van der Waals surface area contributed by atoms with Crippen LogP contribution in [0.5, 0.6) is 0 Å². The Balaban J connectivity index is 2.09. The van der Waals surface area contributed by atoms with Crippen molar-refractivity contribution >= 4 is 37.5 Å². The molecule has 1 amide bonds. The fourth-order valence-corrected chi connectivity index (χ4v) is 3.40. The van der Waals surface area contributed by atoms with Crippen LogP contribution in [0.3, 0.4) is 0 Å². The van der Waals surface area contributed by atoms with Crippen LogP contribution in [0, 0.1) is 6.92 Å². The Morgan fingerprint density at radius 1 is 1.45 bits per heavy atom. The monoisotopic (exact) mass is 361 g/mol. The molecule has 8 heteroatoms. The lowest BCUT2D eigenvalue weighted by Gasteiger charge is -2.11. The van der Waals surface area contributed by atoms with Gasteiger partial charge in [-0.25, -0.2) is 13.1 Å². The van der Waals surface area contributed by atoms with Crippen LogP contribution in [-0.4, -0.2) is 26.9 Å². The second kappa shape index (κ2) is 5.71. The van der Waals surface area contributed by atoms with E-state index in [2.05, 4.69) is 26.0 Å². The summed E-state index contributed by atoms with van der Waals surface area (Å²) in [4.78, 5) is 11.6. The summed E-state index contributed by atoms with van der Waals surface area (Å²) in [6.45, 7) is 1.40. The minimum Gasteiger partial charge on any atom is -0.398 e. The number of hydrogen-bond acceptors (Lipinski definition) is 4. The van der Waals surface area contributed by atoms with E-state index < -0.39 is 10.0 Å². The number of carbonyl (C=O) groups excluding carboxylic acids is 1. The quantitative estimate of drug-likeness (QED) is 0.678. The first-order valence-electron chi connectivity index (χ1n) is 6.14. The van der Waals surface area contributed by atoms with Crippen LogP contribution in [0.1, 0.15) is 18.4 Å². The van der Waals surface area contributed by atoms with Crippen LogP contribution >= 0.6 is 15.9 Å². The van der Waals surface area contributed by atoms with Gasteiger partial charge in [0.05, 0.1) is 11.4 Å². The van der Waals surface area contributed by atoms with Crippen molar-refractivity contribution in [3.63, 3.8) is 0 Å². The molecule has 1 aliphatic rings. The van der Waals surface area contributed by atoms with E-state index in [1.54, 1.807) is 13.0 Å². The molecule has 0 radical (unpaired) electrons. The molecular weight excluding hydrogens is 346 g/mol. The van der Waals surface area contributed by atoms with E-state index in [1.807, 2.05) is 0 Å². The second-order valence-corrected chi connectivity index (χ2v) is 7.40. The van der Waals surface area contributed by atoms with Crippen LogP contribution in [0.2, 0.25) is 0 Å². The van der Waals surface area contributed by atoms with Crippen molar-refractivity contribution < 1.29 is 13.2 Å². The highest BCUT2D eigenvalue weighted by Crippen LogP contribution is 2.26. The minimum atomic E-state index is -3.75. The van der Waals surface area contributed by atoms with E-state index in [0.29, 0.717) is 15.7 Å². The summed E-state index contributed by atoms with van der Waals surface area (Å²) in [6, 6.07) is 3.21. The molecule has 20 heavy (non-hydrogen) atoms. The third-order valence-electron chi connectivity index (χ3n) is 2.95. The molecule has 4 N–H and O–H groups in total. The summed E-state index contributed by atoms with van der Waals surface area (Å²) in [5.74, 6) is -0.321. The molecule has 110 valence electrons. The van der Waals surface area contributed by atoms with Crippen LogP contribution in [-0.2, 0) is 14.8 Å². The van der Waals surface area contributed by atoms with Gasteiger partial charge >= 0.3 is 0 Å². The molecule has 6 nitrogen and oxygen atoms in total. The van der Waals surface area contributed by atoms with E-state index in [-0.39, 0.29) is 23.4 Å². The number of sulfonamides is 1. The number of aryl methyl sites for hydroxylation is 1. The molecule has 1 aromatic carbocycles. The fourth-order valence-electron chi connectivity index (χ4n) is 1.70. The van der Waals surface area contributed by atoms with Crippen molar-refractivity contribution in [3.05, 3.63) is 22.2 Å². The average molecular weight is 362 g/mol. The van der Waals surface area contributed by atoms with E-state index in [4.69, 9.17) is 5.73 Å². The number of carbonyl (C=O) groups is 1. The number of halogens is 1. The zero-order valence-corrected chi connectivity index (χ0v) is 13.3. The number of benzene rings is 1. The molecule has 2 rings (SSSR count). The second-order valence-electron chi connectivity index (χ2n) is 4.81. The number of rotatable bonds is 5. The molecule has 0 unspecified atom stereocenters. The maximum atomic E-state index is 12.2. The standard InChI is InChI=1S/C12H16BrN3O3S/c1-7-4-9(13)10(14)5-11(7)20(18,19)15-6-12(17)16-8-2-3-8/h4-5,8,15H,2-3,6,14H2,1H3,(H,16,17). The first-order valence-corrected chi connectivity index (χ1v) is 8.42. The molecule has 0 atom stereocenters. The summed E-state index contributed by atoms with van der Waals surface area (Å²) in [7, 11) is -3.75. The molecular formula is C12H16BrN3O3S. The maximum absolute atomic E-state index is 12.2. The van der Waals surface area contributed by atoms with Gasteiger partial charge in [-0.15, -0.1) is 0 Å². The van der Waals surface area contributed by atoms with Crippen LogP contribution < -0.4 is 15.8 Å². The Labute approximate surface area is 126 Å². The predicted molar refractivity (Wildman–Crippen MR) is 79.6 cm³/mol. The molecule has 0 spiro atoms. The summed E-state index contributed by atoms with van der Waals surface area (Å²) in [5, 5.41) is 2.71. The Kier molecular flexibility index (Phi) is 4.36. The lowest BCUT2D eigenvalue weighted by atomic mass is 10.2. The van der Waals surface area contributed by atoms with Crippen LogP contribution in [0.25, 0.3) is 0 Å². The van der Waals surface area contributed by atoms with Crippen molar-refractivity contribution in [1.82, 2.24) is 10.0 Å². The number of anilines is 1. The van der Waals surface area contributed by atoms with Crippen molar-refractivity contribution in [2.45, 2.75) is 30.7 Å². The maximum Gasteiger partial charge on any atom is 0.241 e. The highest BCUT2D eigenvalue weighted by molar-refractivity contribution is 9.10. The van der Waals surface area contributed by atoms with Crippen LogP contribution in [0.15, 0.2) is 21.5 Å². The molecule has 0 bridgehead atoms. The van der Waals surface area contributed by atoms with Crippen molar-refractivity contribution in [3.8, 4) is 0 Å². The van der Waals surface area contributed by atoms with E-state index in [9.17, 15) is 13.2 Å².